The Hall–Kier alpha value is -2.26. The Balaban J connectivity index is 1.90. The van der Waals surface area contributed by atoms with Gasteiger partial charge in [0.25, 0.3) is 5.91 Å². The summed E-state index contributed by atoms with van der Waals surface area (Å²) in [6.45, 7) is 4.65. The lowest BCUT2D eigenvalue weighted by molar-refractivity contribution is 0.0685. The van der Waals surface area contributed by atoms with Crippen molar-refractivity contribution in [3.63, 3.8) is 0 Å². The first-order chi connectivity index (χ1) is 11.0. The third-order valence-corrected chi connectivity index (χ3v) is 4.13. The molecule has 0 radical (unpaired) electrons. The van der Waals surface area contributed by atoms with Crippen LogP contribution < -0.4 is 0 Å². The van der Waals surface area contributed by atoms with Crippen LogP contribution in [-0.2, 0) is 6.54 Å². The zero-order valence-electron chi connectivity index (χ0n) is 13.2. The molecule has 1 aromatic heterocycles. The predicted octanol–water partition coefficient (Wildman–Crippen LogP) is 4.87. The molecule has 0 aliphatic rings. The Labute approximate surface area is 140 Å². The molecule has 3 aromatic rings. The van der Waals surface area contributed by atoms with Gasteiger partial charge >= 0.3 is 0 Å². The maximum atomic E-state index is 12.9. The number of fused-ring (bicyclic) bond motifs is 1. The Bertz CT molecular complexity index is 824. The van der Waals surface area contributed by atoms with Crippen LogP contribution in [0.5, 0.6) is 0 Å². The second-order valence-corrected chi connectivity index (χ2v) is 6.36. The van der Waals surface area contributed by atoms with E-state index in [1.54, 1.807) is 0 Å². The number of benzene rings is 2. The first kappa shape index (κ1) is 15.6. The lowest BCUT2D eigenvalue weighted by Crippen LogP contribution is -2.36. The van der Waals surface area contributed by atoms with E-state index in [1.807, 2.05) is 73.3 Å². The number of hydrogen-bond donors (Lipinski definition) is 1. The molecule has 118 valence electrons. The van der Waals surface area contributed by atoms with Crippen molar-refractivity contribution < 1.29 is 4.79 Å². The number of amides is 1. The molecule has 0 aliphatic carbocycles. The van der Waals surface area contributed by atoms with Gasteiger partial charge in [0, 0.05) is 28.5 Å². The molecule has 1 heterocycles. The van der Waals surface area contributed by atoms with Crippen molar-refractivity contribution in [2.75, 3.05) is 0 Å². The smallest absolute Gasteiger partial charge is 0.270 e. The predicted molar refractivity (Wildman–Crippen MR) is 94.8 cm³/mol. The average molecular weight is 327 g/mol. The van der Waals surface area contributed by atoms with E-state index in [9.17, 15) is 4.79 Å². The molecular weight excluding hydrogens is 308 g/mol. The molecule has 0 saturated carbocycles. The van der Waals surface area contributed by atoms with Crippen molar-refractivity contribution in [1.29, 1.82) is 0 Å². The molecule has 0 spiro atoms. The number of hydrogen-bond acceptors (Lipinski definition) is 1. The molecule has 0 bridgehead atoms. The van der Waals surface area contributed by atoms with Gasteiger partial charge in [-0.25, -0.2) is 0 Å². The van der Waals surface area contributed by atoms with Crippen molar-refractivity contribution in [2.45, 2.75) is 26.4 Å². The van der Waals surface area contributed by atoms with Crippen molar-refractivity contribution in [3.8, 4) is 0 Å². The quantitative estimate of drug-likeness (QED) is 0.729. The SMILES string of the molecule is CC(C)N(Cc1ccccc1)C(=O)c1cc2ccc(Cl)cc2[nH]1. The molecule has 1 amide bonds. The number of rotatable bonds is 4. The second-order valence-electron chi connectivity index (χ2n) is 5.93. The topological polar surface area (TPSA) is 36.1 Å². The second kappa shape index (κ2) is 6.47. The van der Waals surface area contributed by atoms with Crippen LogP contribution in [0.2, 0.25) is 5.02 Å². The summed E-state index contributed by atoms with van der Waals surface area (Å²) >= 11 is 6.01. The molecule has 3 rings (SSSR count). The van der Waals surface area contributed by atoms with Crippen LogP contribution in [0.15, 0.2) is 54.6 Å². The van der Waals surface area contributed by atoms with E-state index in [1.165, 1.54) is 0 Å². The van der Waals surface area contributed by atoms with Crippen LogP contribution >= 0.6 is 11.6 Å². The van der Waals surface area contributed by atoms with Gasteiger partial charge in [0.15, 0.2) is 0 Å². The molecule has 1 N–H and O–H groups in total. The van der Waals surface area contributed by atoms with Crippen LogP contribution in [0.4, 0.5) is 0 Å². The van der Waals surface area contributed by atoms with E-state index in [0.29, 0.717) is 17.3 Å². The Morgan fingerprint density at radius 1 is 1.13 bits per heavy atom. The van der Waals surface area contributed by atoms with Crippen LogP contribution in [0, 0.1) is 0 Å². The number of aromatic amines is 1. The van der Waals surface area contributed by atoms with Crippen LogP contribution in [0.25, 0.3) is 10.9 Å². The molecule has 0 unspecified atom stereocenters. The highest BCUT2D eigenvalue weighted by Crippen LogP contribution is 2.22. The van der Waals surface area contributed by atoms with Gasteiger partial charge in [-0.2, -0.15) is 0 Å². The third kappa shape index (κ3) is 3.40. The Morgan fingerprint density at radius 3 is 2.57 bits per heavy atom. The standard InChI is InChI=1S/C19H19ClN2O/c1-13(2)22(12-14-6-4-3-5-7-14)19(23)18-10-15-8-9-16(20)11-17(15)21-18/h3-11,13,21H,12H2,1-2H3. The zero-order valence-corrected chi connectivity index (χ0v) is 14.0. The summed E-state index contributed by atoms with van der Waals surface area (Å²) in [7, 11) is 0. The van der Waals surface area contributed by atoms with Gasteiger partial charge < -0.3 is 9.88 Å². The van der Waals surface area contributed by atoms with E-state index in [0.717, 1.165) is 16.5 Å². The van der Waals surface area contributed by atoms with Gasteiger partial charge in [0.05, 0.1) is 0 Å². The molecule has 0 atom stereocenters. The highest BCUT2D eigenvalue weighted by atomic mass is 35.5. The molecule has 0 fully saturated rings. The van der Waals surface area contributed by atoms with Gasteiger partial charge in [-0.3, -0.25) is 4.79 Å². The van der Waals surface area contributed by atoms with Gasteiger partial charge in [0.1, 0.15) is 5.69 Å². The average Bonchev–Trinajstić information content (AvgIpc) is 2.95. The van der Waals surface area contributed by atoms with E-state index in [-0.39, 0.29) is 11.9 Å². The number of carbonyl (C=O) groups is 1. The summed E-state index contributed by atoms with van der Waals surface area (Å²) in [5, 5.41) is 1.64. The van der Waals surface area contributed by atoms with Gasteiger partial charge in [0.2, 0.25) is 0 Å². The summed E-state index contributed by atoms with van der Waals surface area (Å²) in [5.41, 5.74) is 2.59. The van der Waals surface area contributed by atoms with Crippen molar-refractivity contribution in [1.82, 2.24) is 9.88 Å². The highest BCUT2D eigenvalue weighted by molar-refractivity contribution is 6.31. The number of nitrogens with zero attached hydrogens (tertiary/aromatic N) is 1. The minimum Gasteiger partial charge on any atom is -0.350 e. The van der Waals surface area contributed by atoms with Gasteiger partial charge in [-0.1, -0.05) is 48.0 Å². The zero-order chi connectivity index (χ0) is 16.4. The first-order valence-electron chi connectivity index (χ1n) is 7.68. The molecule has 0 aliphatic heterocycles. The summed E-state index contributed by atoms with van der Waals surface area (Å²) in [6.07, 6.45) is 0. The highest BCUT2D eigenvalue weighted by Gasteiger charge is 2.20. The maximum Gasteiger partial charge on any atom is 0.270 e. The van der Waals surface area contributed by atoms with Gasteiger partial charge in [-0.05, 0) is 37.6 Å². The lowest BCUT2D eigenvalue weighted by atomic mass is 10.1. The fourth-order valence-corrected chi connectivity index (χ4v) is 2.81. The normalized spacial score (nSPS) is 11.1. The number of halogens is 1. The third-order valence-electron chi connectivity index (χ3n) is 3.89. The summed E-state index contributed by atoms with van der Waals surface area (Å²) in [5.74, 6) is -0.00354. The molecular formula is C19H19ClN2O. The maximum absolute atomic E-state index is 12.9. The largest absolute Gasteiger partial charge is 0.350 e. The molecule has 0 saturated heterocycles. The Kier molecular flexibility index (Phi) is 4.39. The lowest BCUT2D eigenvalue weighted by Gasteiger charge is -2.26. The van der Waals surface area contributed by atoms with E-state index in [2.05, 4.69) is 4.98 Å². The Morgan fingerprint density at radius 2 is 1.87 bits per heavy atom. The molecule has 4 heteroatoms. The molecule has 3 nitrogen and oxygen atoms in total. The number of carbonyl (C=O) groups excluding carboxylic acids is 1. The molecule has 23 heavy (non-hydrogen) atoms. The number of aromatic nitrogens is 1. The van der Waals surface area contributed by atoms with Crippen molar-refractivity contribution in [3.05, 3.63) is 70.9 Å². The van der Waals surface area contributed by atoms with E-state index >= 15 is 0 Å². The fraction of sp³-hybridized carbons (Fsp3) is 0.211. The van der Waals surface area contributed by atoms with Crippen molar-refractivity contribution in [2.24, 2.45) is 0 Å². The summed E-state index contributed by atoms with van der Waals surface area (Å²) in [6, 6.07) is 17.6. The number of nitrogens with one attached hydrogen (secondary N) is 1. The summed E-state index contributed by atoms with van der Waals surface area (Å²) < 4.78 is 0. The minimum atomic E-state index is -0.00354. The van der Waals surface area contributed by atoms with Crippen molar-refractivity contribution >= 4 is 28.4 Å². The van der Waals surface area contributed by atoms with Crippen LogP contribution in [0.3, 0.4) is 0 Å². The minimum absolute atomic E-state index is 0.00354. The monoisotopic (exact) mass is 326 g/mol. The van der Waals surface area contributed by atoms with Gasteiger partial charge in [-0.15, -0.1) is 0 Å². The molecule has 2 aromatic carbocycles. The van der Waals surface area contributed by atoms with Crippen LogP contribution in [-0.4, -0.2) is 21.8 Å². The van der Waals surface area contributed by atoms with E-state index in [4.69, 9.17) is 11.6 Å². The van der Waals surface area contributed by atoms with E-state index < -0.39 is 0 Å². The number of H-pyrrole nitrogens is 1. The summed E-state index contributed by atoms with van der Waals surface area (Å²) in [4.78, 5) is 18.0. The fourth-order valence-electron chi connectivity index (χ4n) is 2.64. The first-order valence-corrected chi connectivity index (χ1v) is 8.05. The van der Waals surface area contributed by atoms with Crippen LogP contribution in [0.1, 0.15) is 29.9 Å².